The van der Waals surface area contributed by atoms with Crippen molar-refractivity contribution >= 4 is 31.8 Å². The number of hydrogen-bond donors (Lipinski definition) is 2. The number of carbonyl (C=O) groups excluding carboxylic acids is 1. The SMILES string of the molecule is CC1(C)C2CCC1(C(Br)S(=O)(=O)O)C(=O)C2.N. The summed E-state index contributed by atoms with van der Waals surface area (Å²) < 4.78 is 30.6. The third kappa shape index (κ3) is 1.70. The van der Waals surface area contributed by atoms with Crippen LogP contribution in [0.1, 0.15) is 33.1 Å². The third-order valence-corrected chi connectivity index (χ3v) is 7.76. The van der Waals surface area contributed by atoms with Gasteiger partial charge in [0, 0.05) is 6.42 Å². The van der Waals surface area contributed by atoms with E-state index in [4.69, 9.17) is 0 Å². The predicted octanol–water partition coefficient (Wildman–Crippen LogP) is 2.15. The summed E-state index contributed by atoms with van der Waals surface area (Å²) in [4.78, 5) is 12.1. The Morgan fingerprint density at radius 1 is 1.47 bits per heavy atom. The lowest BCUT2D eigenvalue weighted by atomic mass is 9.70. The number of rotatable bonds is 2. The van der Waals surface area contributed by atoms with Gasteiger partial charge in [-0.3, -0.25) is 9.35 Å². The van der Waals surface area contributed by atoms with Gasteiger partial charge in [0.25, 0.3) is 10.1 Å². The van der Waals surface area contributed by atoms with E-state index in [2.05, 4.69) is 15.9 Å². The number of fused-ring (bicyclic) bond motifs is 2. The van der Waals surface area contributed by atoms with Crippen LogP contribution in [0.3, 0.4) is 0 Å². The highest BCUT2D eigenvalue weighted by atomic mass is 79.9. The maximum absolute atomic E-state index is 12.1. The smallest absolute Gasteiger partial charge is 0.278 e. The zero-order valence-electron chi connectivity index (χ0n) is 9.94. The van der Waals surface area contributed by atoms with Crippen LogP contribution >= 0.6 is 15.9 Å². The molecule has 0 amide bonds. The van der Waals surface area contributed by atoms with Gasteiger partial charge < -0.3 is 6.15 Å². The summed E-state index contributed by atoms with van der Waals surface area (Å²) in [5.41, 5.74) is -1.32. The molecule has 0 radical (unpaired) electrons. The van der Waals surface area contributed by atoms with Crippen molar-refractivity contribution in [2.24, 2.45) is 16.7 Å². The van der Waals surface area contributed by atoms with Crippen LogP contribution in [0.5, 0.6) is 0 Å². The molecule has 2 aliphatic carbocycles. The molecule has 0 saturated heterocycles. The second kappa shape index (κ2) is 4.01. The van der Waals surface area contributed by atoms with Crippen LogP contribution in [0.15, 0.2) is 0 Å². The van der Waals surface area contributed by atoms with E-state index in [-0.39, 0.29) is 23.3 Å². The third-order valence-electron chi connectivity index (χ3n) is 4.64. The lowest BCUT2D eigenvalue weighted by Gasteiger charge is -2.38. The summed E-state index contributed by atoms with van der Waals surface area (Å²) in [5.74, 6) is 0.204. The molecular formula is C10H18BrNO4S. The lowest BCUT2D eigenvalue weighted by Crippen LogP contribution is -2.46. The van der Waals surface area contributed by atoms with E-state index in [0.29, 0.717) is 12.8 Å². The van der Waals surface area contributed by atoms with Crippen LogP contribution in [0.25, 0.3) is 0 Å². The Morgan fingerprint density at radius 3 is 2.29 bits per heavy atom. The molecular weight excluding hydrogens is 310 g/mol. The predicted molar refractivity (Wildman–Crippen MR) is 67.8 cm³/mol. The monoisotopic (exact) mass is 327 g/mol. The summed E-state index contributed by atoms with van der Waals surface area (Å²) in [6, 6.07) is 0. The van der Waals surface area contributed by atoms with Gasteiger partial charge in [0.05, 0.1) is 5.41 Å². The van der Waals surface area contributed by atoms with Crippen molar-refractivity contribution in [2.75, 3.05) is 0 Å². The lowest BCUT2D eigenvalue weighted by molar-refractivity contribution is -0.128. The van der Waals surface area contributed by atoms with Gasteiger partial charge in [-0.15, -0.1) is 0 Å². The summed E-state index contributed by atoms with van der Waals surface area (Å²) >= 11 is 3.03. The molecule has 100 valence electrons. The molecule has 2 bridgehead atoms. The molecule has 17 heavy (non-hydrogen) atoms. The van der Waals surface area contributed by atoms with Gasteiger partial charge in [-0.1, -0.05) is 29.8 Å². The van der Waals surface area contributed by atoms with Gasteiger partial charge >= 0.3 is 0 Å². The zero-order valence-corrected chi connectivity index (χ0v) is 12.3. The topological polar surface area (TPSA) is 106 Å². The molecule has 0 heterocycles. The number of halogens is 1. The minimum Gasteiger partial charge on any atom is -0.344 e. The first-order valence-corrected chi connectivity index (χ1v) is 7.69. The van der Waals surface area contributed by atoms with E-state index in [0.717, 1.165) is 6.42 Å². The molecule has 5 nitrogen and oxygen atoms in total. The number of carbonyl (C=O) groups is 1. The van der Waals surface area contributed by atoms with Gasteiger partial charge in [-0.05, 0) is 24.2 Å². The molecule has 3 atom stereocenters. The first kappa shape index (κ1) is 15.1. The molecule has 0 aromatic heterocycles. The van der Waals surface area contributed by atoms with Crippen molar-refractivity contribution in [3.8, 4) is 0 Å². The fourth-order valence-electron chi connectivity index (χ4n) is 3.50. The number of ketones is 1. The van der Waals surface area contributed by atoms with E-state index in [9.17, 15) is 17.8 Å². The Labute approximate surface area is 110 Å². The zero-order chi connectivity index (χ0) is 12.4. The molecule has 0 aliphatic heterocycles. The van der Waals surface area contributed by atoms with Crippen molar-refractivity contribution in [2.45, 2.75) is 37.3 Å². The van der Waals surface area contributed by atoms with Crippen LogP contribution in [-0.4, -0.2) is 22.9 Å². The number of Topliss-reactive ketones (excluding diaryl/α,β-unsaturated/α-hetero) is 1. The van der Waals surface area contributed by atoms with E-state index in [1.165, 1.54) is 0 Å². The van der Waals surface area contributed by atoms with Crippen molar-refractivity contribution in [1.82, 2.24) is 6.15 Å². The van der Waals surface area contributed by atoms with Gasteiger partial charge in [0.1, 0.15) is 5.78 Å². The van der Waals surface area contributed by atoms with Crippen molar-refractivity contribution in [1.29, 1.82) is 0 Å². The first-order valence-electron chi connectivity index (χ1n) is 5.27. The first-order chi connectivity index (χ1) is 7.14. The number of alkyl halides is 1. The minimum atomic E-state index is -4.24. The molecule has 2 fully saturated rings. The second-order valence-electron chi connectivity index (χ2n) is 5.39. The molecule has 3 unspecified atom stereocenters. The highest BCUT2D eigenvalue weighted by Crippen LogP contribution is 2.67. The van der Waals surface area contributed by atoms with E-state index >= 15 is 0 Å². The average molecular weight is 328 g/mol. The Kier molecular flexibility index (Phi) is 3.56. The van der Waals surface area contributed by atoms with Gasteiger partial charge in [-0.2, -0.15) is 8.42 Å². The van der Waals surface area contributed by atoms with Crippen molar-refractivity contribution in [3.05, 3.63) is 0 Å². The second-order valence-corrected chi connectivity index (χ2v) is 8.41. The highest BCUT2D eigenvalue weighted by Gasteiger charge is 2.69. The molecule has 0 aromatic rings. The molecule has 0 aromatic carbocycles. The normalized spacial score (nSPS) is 36.7. The van der Waals surface area contributed by atoms with Crippen molar-refractivity contribution in [3.63, 3.8) is 0 Å². The van der Waals surface area contributed by atoms with Gasteiger partial charge in [-0.25, -0.2) is 0 Å². The molecule has 2 rings (SSSR count). The van der Waals surface area contributed by atoms with Crippen LogP contribution in [-0.2, 0) is 14.9 Å². The van der Waals surface area contributed by atoms with E-state index in [1.54, 1.807) is 0 Å². The summed E-state index contributed by atoms with van der Waals surface area (Å²) in [5, 5.41) is 0. The quantitative estimate of drug-likeness (QED) is 0.597. The Morgan fingerprint density at radius 2 is 2.00 bits per heavy atom. The number of hydrogen-bond acceptors (Lipinski definition) is 4. The Balaban J connectivity index is 0.00000144. The molecule has 2 saturated carbocycles. The van der Waals surface area contributed by atoms with Gasteiger partial charge in [0.15, 0.2) is 4.16 Å². The van der Waals surface area contributed by atoms with Gasteiger partial charge in [0.2, 0.25) is 0 Å². The standard InChI is InChI=1S/C10H15BrO4S.H3N/c1-9(2)6-3-4-10(9,7(12)5-6)8(11)16(13,14)15;/h6,8H,3-5H2,1-2H3,(H,13,14,15);1H3. The summed E-state index contributed by atoms with van der Waals surface area (Å²) in [6.07, 6.45) is 1.83. The largest absolute Gasteiger partial charge is 0.344 e. The van der Waals surface area contributed by atoms with E-state index in [1.807, 2.05) is 13.8 Å². The van der Waals surface area contributed by atoms with Crippen molar-refractivity contribution < 1.29 is 17.8 Å². The van der Waals surface area contributed by atoms with Crippen LogP contribution in [0, 0.1) is 16.7 Å². The fourth-order valence-corrected chi connectivity index (χ4v) is 5.63. The molecule has 0 spiro atoms. The van der Waals surface area contributed by atoms with E-state index < -0.39 is 19.7 Å². The highest BCUT2D eigenvalue weighted by molar-refractivity contribution is 9.11. The van der Waals surface area contributed by atoms with Crippen LogP contribution in [0.4, 0.5) is 0 Å². The molecule has 2 aliphatic rings. The van der Waals surface area contributed by atoms with Crippen LogP contribution in [0.2, 0.25) is 0 Å². The molecule has 7 heteroatoms. The summed E-state index contributed by atoms with van der Waals surface area (Å²) in [6.45, 7) is 3.85. The Hall–Kier alpha value is 0.0200. The summed E-state index contributed by atoms with van der Waals surface area (Å²) in [7, 11) is -4.24. The minimum absolute atomic E-state index is 0. The Bertz CT molecular complexity index is 447. The van der Waals surface area contributed by atoms with Crippen LogP contribution < -0.4 is 6.15 Å². The average Bonchev–Trinajstić information content (AvgIpc) is 2.48. The molecule has 4 N–H and O–H groups in total. The fraction of sp³-hybridized carbons (Fsp3) is 0.900. The maximum atomic E-state index is 12.1. The maximum Gasteiger partial charge on any atom is 0.278 e.